The molecule has 3 rings (SSSR count). The van der Waals surface area contributed by atoms with Gasteiger partial charge in [-0.2, -0.15) is 5.26 Å². The van der Waals surface area contributed by atoms with E-state index < -0.39 is 5.92 Å². The molecule has 0 saturated heterocycles. The van der Waals surface area contributed by atoms with Gasteiger partial charge in [-0.3, -0.25) is 4.79 Å². The van der Waals surface area contributed by atoms with Crippen LogP contribution in [0.4, 0.5) is 0 Å². The number of nitriles is 1. The minimum atomic E-state index is -0.592. The summed E-state index contributed by atoms with van der Waals surface area (Å²) in [4.78, 5) is 18.9. The summed E-state index contributed by atoms with van der Waals surface area (Å²) in [6.45, 7) is 6.37. The van der Waals surface area contributed by atoms with Crippen LogP contribution in [0.15, 0.2) is 46.8 Å². The number of nitrogens with two attached hydrogens (primary N) is 1. The van der Waals surface area contributed by atoms with Crippen molar-refractivity contribution in [2.45, 2.75) is 32.1 Å². The van der Waals surface area contributed by atoms with Gasteiger partial charge in [-0.15, -0.1) is 0 Å². The number of rotatable bonds is 1. The van der Waals surface area contributed by atoms with Crippen molar-refractivity contribution >= 4 is 0 Å². The molecule has 122 valence electrons. The number of nitrogens with one attached hydrogen (secondary N) is 1. The fourth-order valence-corrected chi connectivity index (χ4v) is 2.80. The quantitative estimate of drug-likeness (QED) is 0.838. The van der Waals surface area contributed by atoms with Crippen LogP contribution in [0, 0.1) is 11.3 Å². The Balaban J connectivity index is 2.19. The first-order valence-corrected chi connectivity index (χ1v) is 7.58. The SMILES string of the molecule is CC(C)(C)c1ccc([C@H]2C(C#N)=C(N)Oc3nc[nH]c(=O)c32)cc1. The summed E-state index contributed by atoms with van der Waals surface area (Å²) in [7, 11) is 0. The molecule has 1 atom stereocenters. The highest BCUT2D eigenvalue weighted by Crippen LogP contribution is 2.39. The zero-order chi connectivity index (χ0) is 17.5. The highest BCUT2D eigenvalue weighted by Gasteiger charge is 2.34. The van der Waals surface area contributed by atoms with Gasteiger partial charge in [-0.25, -0.2) is 4.98 Å². The Morgan fingerprint density at radius 1 is 1.29 bits per heavy atom. The third-order valence-electron chi connectivity index (χ3n) is 4.13. The molecule has 1 aromatic carbocycles. The summed E-state index contributed by atoms with van der Waals surface area (Å²) < 4.78 is 5.35. The molecule has 6 heteroatoms. The van der Waals surface area contributed by atoms with Crippen LogP contribution < -0.4 is 16.0 Å². The number of benzene rings is 1. The molecule has 6 nitrogen and oxygen atoms in total. The average Bonchev–Trinajstić information content (AvgIpc) is 2.53. The maximum atomic E-state index is 12.3. The second-order valence-electron chi connectivity index (χ2n) is 6.75. The second-order valence-corrected chi connectivity index (χ2v) is 6.75. The summed E-state index contributed by atoms with van der Waals surface area (Å²) in [5.74, 6) is -0.474. The number of nitrogens with zero attached hydrogens (tertiary/aromatic N) is 2. The third-order valence-corrected chi connectivity index (χ3v) is 4.13. The van der Waals surface area contributed by atoms with Crippen LogP contribution >= 0.6 is 0 Å². The zero-order valence-corrected chi connectivity index (χ0v) is 13.8. The van der Waals surface area contributed by atoms with Crippen molar-refractivity contribution in [1.29, 1.82) is 5.26 Å². The van der Waals surface area contributed by atoms with Crippen molar-refractivity contribution in [2.24, 2.45) is 5.73 Å². The highest BCUT2D eigenvalue weighted by atomic mass is 16.5. The second kappa shape index (κ2) is 5.53. The average molecular weight is 322 g/mol. The Bertz CT molecular complexity index is 912. The first-order valence-electron chi connectivity index (χ1n) is 7.58. The van der Waals surface area contributed by atoms with Gasteiger partial charge in [0.05, 0.1) is 17.8 Å². The molecule has 0 saturated carbocycles. The van der Waals surface area contributed by atoms with Crippen LogP contribution in [-0.4, -0.2) is 9.97 Å². The van der Waals surface area contributed by atoms with E-state index in [2.05, 4.69) is 36.8 Å². The Morgan fingerprint density at radius 2 is 1.96 bits per heavy atom. The molecule has 1 aliphatic heterocycles. The Labute approximate surface area is 139 Å². The molecule has 24 heavy (non-hydrogen) atoms. The van der Waals surface area contributed by atoms with Crippen LogP contribution in [0.1, 0.15) is 43.4 Å². The van der Waals surface area contributed by atoms with Gasteiger partial charge in [0.2, 0.25) is 11.8 Å². The van der Waals surface area contributed by atoms with Gasteiger partial charge in [0.1, 0.15) is 11.6 Å². The summed E-state index contributed by atoms with van der Waals surface area (Å²) in [6, 6.07) is 9.89. The number of hydrogen-bond donors (Lipinski definition) is 2. The lowest BCUT2D eigenvalue weighted by molar-refractivity contribution is 0.375. The lowest BCUT2D eigenvalue weighted by Crippen LogP contribution is -2.28. The Hall–Kier alpha value is -3.07. The normalized spacial score (nSPS) is 17.0. The van der Waals surface area contributed by atoms with Crippen LogP contribution in [0.25, 0.3) is 0 Å². The van der Waals surface area contributed by atoms with E-state index in [0.29, 0.717) is 5.56 Å². The summed E-state index contributed by atoms with van der Waals surface area (Å²) >= 11 is 0. The van der Waals surface area contributed by atoms with E-state index in [9.17, 15) is 10.1 Å². The number of ether oxygens (including phenoxy) is 1. The minimum Gasteiger partial charge on any atom is -0.422 e. The van der Waals surface area contributed by atoms with Gasteiger partial charge < -0.3 is 15.5 Å². The largest absolute Gasteiger partial charge is 0.422 e. The van der Waals surface area contributed by atoms with E-state index in [4.69, 9.17) is 10.5 Å². The maximum Gasteiger partial charge on any atom is 0.258 e. The van der Waals surface area contributed by atoms with E-state index >= 15 is 0 Å². The van der Waals surface area contributed by atoms with Crippen molar-refractivity contribution in [2.75, 3.05) is 0 Å². The number of aromatic amines is 1. The highest BCUT2D eigenvalue weighted by molar-refractivity contribution is 5.52. The molecule has 3 N–H and O–H groups in total. The van der Waals surface area contributed by atoms with Crippen LogP contribution in [0.5, 0.6) is 5.88 Å². The molecule has 0 amide bonds. The van der Waals surface area contributed by atoms with E-state index in [1.807, 2.05) is 24.3 Å². The summed E-state index contributed by atoms with van der Waals surface area (Å²) in [5.41, 5.74) is 8.00. The molecule has 0 unspecified atom stereocenters. The Kier molecular flexibility index (Phi) is 3.64. The predicted octanol–water partition coefficient (Wildman–Crippen LogP) is 2.29. The van der Waals surface area contributed by atoms with Crippen molar-refractivity contribution < 1.29 is 4.74 Å². The molecular formula is C18H18N4O2. The lowest BCUT2D eigenvalue weighted by atomic mass is 9.82. The van der Waals surface area contributed by atoms with E-state index in [-0.39, 0.29) is 28.3 Å². The predicted molar refractivity (Wildman–Crippen MR) is 89.3 cm³/mol. The number of aromatic nitrogens is 2. The number of H-pyrrole nitrogens is 1. The first-order chi connectivity index (χ1) is 11.3. The van der Waals surface area contributed by atoms with Gasteiger partial charge >= 0.3 is 0 Å². The lowest BCUT2D eigenvalue weighted by Gasteiger charge is -2.25. The van der Waals surface area contributed by atoms with Gasteiger partial charge in [0.15, 0.2) is 0 Å². The molecule has 1 aliphatic rings. The molecule has 2 heterocycles. The van der Waals surface area contributed by atoms with Crippen molar-refractivity contribution in [1.82, 2.24) is 9.97 Å². The molecule has 1 aromatic heterocycles. The van der Waals surface area contributed by atoms with Crippen molar-refractivity contribution in [3.05, 3.63) is 69.1 Å². The number of fused-ring (bicyclic) bond motifs is 1. The number of hydrogen-bond acceptors (Lipinski definition) is 5. The van der Waals surface area contributed by atoms with Crippen LogP contribution in [-0.2, 0) is 5.41 Å². The fourth-order valence-electron chi connectivity index (χ4n) is 2.80. The monoisotopic (exact) mass is 322 g/mol. The van der Waals surface area contributed by atoms with Gasteiger partial charge in [-0.1, -0.05) is 45.0 Å². The summed E-state index contributed by atoms with van der Waals surface area (Å²) in [5, 5.41) is 9.49. The molecule has 0 spiro atoms. The zero-order valence-electron chi connectivity index (χ0n) is 13.8. The topological polar surface area (TPSA) is 105 Å². The van der Waals surface area contributed by atoms with Gasteiger partial charge in [0, 0.05) is 0 Å². The fraction of sp³-hybridized carbons (Fsp3) is 0.278. The molecule has 2 aromatic rings. The summed E-state index contributed by atoms with van der Waals surface area (Å²) in [6.07, 6.45) is 1.26. The van der Waals surface area contributed by atoms with Crippen molar-refractivity contribution in [3.8, 4) is 11.9 Å². The minimum absolute atomic E-state index is 0.0120. The molecule has 0 bridgehead atoms. The Morgan fingerprint density at radius 3 is 2.54 bits per heavy atom. The molecule has 0 fully saturated rings. The van der Waals surface area contributed by atoms with Crippen LogP contribution in [0.2, 0.25) is 0 Å². The molecule has 0 radical (unpaired) electrons. The maximum absolute atomic E-state index is 12.3. The number of allylic oxidation sites excluding steroid dienone is 1. The first kappa shape index (κ1) is 15.8. The third kappa shape index (κ3) is 2.54. The van der Waals surface area contributed by atoms with Crippen molar-refractivity contribution in [3.63, 3.8) is 0 Å². The molecule has 0 aliphatic carbocycles. The van der Waals surface area contributed by atoms with E-state index in [1.165, 1.54) is 6.33 Å². The molecular weight excluding hydrogens is 304 g/mol. The standard InChI is InChI=1S/C18H18N4O2/c1-18(2,3)11-6-4-10(5-7-11)13-12(8-19)15(20)24-17-14(13)16(23)21-9-22-17/h4-7,9,13H,20H2,1-3H3,(H,21,22,23)/t13-/m0/s1. The van der Waals surface area contributed by atoms with Gasteiger partial charge in [0.25, 0.3) is 5.56 Å². The van der Waals surface area contributed by atoms with E-state index in [0.717, 1.165) is 11.1 Å². The van der Waals surface area contributed by atoms with E-state index in [1.54, 1.807) is 0 Å². The van der Waals surface area contributed by atoms with Crippen LogP contribution in [0.3, 0.4) is 0 Å². The smallest absolute Gasteiger partial charge is 0.258 e. The van der Waals surface area contributed by atoms with Gasteiger partial charge in [-0.05, 0) is 16.5 Å².